The Kier molecular flexibility index (Phi) is 7.87. The number of fused-ring (bicyclic) bond motifs is 1. The number of nitrogens with zero attached hydrogens (tertiary/aromatic N) is 4. The Hall–Kier alpha value is -3.17. The third-order valence-corrected chi connectivity index (χ3v) is 6.23. The van der Waals surface area contributed by atoms with Gasteiger partial charge in [0.1, 0.15) is 18.0 Å². The van der Waals surface area contributed by atoms with Crippen molar-refractivity contribution in [1.29, 1.82) is 0 Å². The molecule has 1 aromatic heterocycles. The number of nitrogens with one attached hydrogen (secondary N) is 1. The number of carbonyl (C=O) groups is 1. The molecule has 1 aliphatic heterocycles. The van der Waals surface area contributed by atoms with Crippen LogP contribution in [-0.4, -0.2) is 73.1 Å². The zero-order valence-corrected chi connectivity index (χ0v) is 20.8. The summed E-state index contributed by atoms with van der Waals surface area (Å²) in [6, 6.07) is 7.98. The molecular formula is C25H29ClFN5O3. The molecule has 1 aliphatic rings. The molecular weight excluding hydrogens is 473 g/mol. The van der Waals surface area contributed by atoms with Gasteiger partial charge in [-0.3, -0.25) is 4.79 Å². The van der Waals surface area contributed by atoms with Crippen LogP contribution < -0.4 is 14.8 Å². The highest BCUT2D eigenvalue weighted by atomic mass is 35.5. The highest BCUT2D eigenvalue weighted by Gasteiger charge is 2.24. The molecule has 35 heavy (non-hydrogen) atoms. The van der Waals surface area contributed by atoms with Crippen molar-refractivity contribution in [2.45, 2.75) is 12.8 Å². The van der Waals surface area contributed by atoms with Crippen LogP contribution in [0, 0.1) is 11.7 Å². The van der Waals surface area contributed by atoms with Crippen molar-refractivity contribution in [3.63, 3.8) is 0 Å². The van der Waals surface area contributed by atoms with Gasteiger partial charge in [-0.15, -0.1) is 0 Å². The van der Waals surface area contributed by atoms with Gasteiger partial charge in [0.05, 0.1) is 31.5 Å². The van der Waals surface area contributed by atoms with Crippen molar-refractivity contribution in [3.8, 4) is 11.5 Å². The molecule has 2 heterocycles. The van der Waals surface area contributed by atoms with E-state index in [0.29, 0.717) is 52.3 Å². The van der Waals surface area contributed by atoms with Crippen LogP contribution in [0.15, 0.2) is 36.7 Å². The summed E-state index contributed by atoms with van der Waals surface area (Å²) in [6.45, 7) is 2.42. The van der Waals surface area contributed by atoms with Gasteiger partial charge in [0, 0.05) is 29.6 Å². The SMILES string of the molecule is COc1cc2c(Nc3ccc(Cl)cc3F)ncnc2cc1OCC1CCN(C(=O)CN(C)C)CC1. The second-order valence-corrected chi connectivity index (χ2v) is 9.30. The van der Waals surface area contributed by atoms with Crippen molar-refractivity contribution in [3.05, 3.63) is 47.5 Å². The lowest BCUT2D eigenvalue weighted by Crippen LogP contribution is -2.43. The average Bonchev–Trinajstić information content (AvgIpc) is 2.84. The van der Waals surface area contributed by atoms with E-state index in [4.69, 9.17) is 21.1 Å². The van der Waals surface area contributed by atoms with Gasteiger partial charge >= 0.3 is 0 Å². The predicted octanol–water partition coefficient (Wildman–Crippen LogP) is 4.35. The lowest BCUT2D eigenvalue weighted by molar-refractivity contribution is -0.133. The van der Waals surface area contributed by atoms with Crippen LogP contribution in [0.4, 0.5) is 15.9 Å². The Balaban J connectivity index is 1.45. The molecule has 186 valence electrons. The summed E-state index contributed by atoms with van der Waals surface area (Å²) in [5.74, 6) is 1.57. The molecule has 0 aliphatic carbocycles. The van der Waals surface area contributed by atoms with E-state index < -0.39 is 5.82 Å². The van der Waals surface area contributed by atoms with Crippen LogP contribution >= 0.6 is 11.6 Å². The first-order valence-corrected chi connectivity index (χ1v) is 11.8. The number of rotatable bonds is 8. The summed E-state index contributed by atoms with van der Waals surface area (Å²) in [6.07, 6.45) is 3.19. The highest BCUT2D eigenvalue weighted by molar-refractivity contribution is 6.30. The monoisotopic (exact) mass is 501 g/mol. The average molecular weight is 502 g/mol. The minimum Gasteiger partial charge on any atom is -0.493 e. The van der Waals surface area contributed by atoms with E-state index >= 15 is 0 Å². The second-order valence-electron chi connectivity index (χ2n) is 8.86. The molecule has 0 saturated carbocycles. The van der Waals surface area contributed by atoms with Crippen LogP contribution in [0.2, 0.25) is 5.02 Å². The van der Waals surface area contributed by atoms with Crippen molar-refractivity contribution >= 4 is 39.9 Å². The molecule has 0 unspecified atom stereocenters. The van der Waals surface area contributed by atoms with E-state index in [1.807, 2.05) is 23.9 Å². The van der Waals surface area contributed by atoms with Gasteiger partial charge in [-0.2, -0.15) is 0 Å². The molecule has 1 fully saturated rings. The number of amides is 1. The minimum atomic E-state index is -0.481. The minimum absolute atomic E-state index is 0.160. The van der Waals surface area contributed by atoms with Crippen molar-refractivity contribution < 1.29 is 18.7 Å². The van der Waals surface area contributed by atoms with Crippen LogP contribution in [-0.2, 0) is 4.79 Å². The van der Waals surface area contributed by atoms with Gasteiger partial charge in [0.15, 0.2) is 11.5 Å². The number of hydrogen-bond acceptors (Lipinski definition) is 7. The number of halogens is 2. The Morgan fingerprint density at radius 3 is 2.66 bits per heavy atom. The topological polar surface area (TPSA) is 79.8 Å². The lowest BCUT2D eigenvalue weighted by Gasteiger charge is -2.32. The number of hydrogen-bond donors (Lipinski definition) is 1. The fourth-order valence-electron chi connectivity index (χ4n) is 4.08. The summed E-state index contributed by atoms with van der Waals surface area (Å²) >= 11 is 5.85. The van der Waals surface area contributed by atoms with Gasteiger partial charge in [0.25, 0.3) is 0 Å². The fraction of sp³-hybridized carbons (Fsp3) is 0.400. The van der Waals surface area contributed by atoms with E-state index in [0.717, 1.165) is 25.9 Å². The van der Waals surface area contributed by atoms with Crippen LogP contribution in [0.3, 0.4) is 0 Å². The van der Waals surface area contributed by atoms with Crippen molar-refractivity contribution in [2.24, 2.45) is 5.92 Å². The first-order valence-electron chi connectivity index (χ1n) is 11.4. The maximum Gasteiger partial charge on any atom is 0.236 e. The Morgan fingerprint density at radius 1 is 1.20 bits per heavy atom. The highest BCUT2D eigenvalue weighted by Crippen LogP contribution is 2.36. The number of piperidine rings is 1. The van der Waals surface area contributed by atoms with E-state index in [2.05, 4.69) is 15.3 Å². The van der Waals surface area contributed by atoms with E-state index in [1.165, 1.54) is 12.4 Å². The molecule has 0 atom stereocenters. The number of benzene rings is 2. The first kappa shape index (κ1) is 24.9. The number of carbonyl (C=O) groups excluding carboxylic acids is 1. The summed E-state index contributed by atoms with van der Waals surface area (Å²) < 4.78 is 26.0. The fourth-order valence-corrected chi connectivity index (χ4v) is 4.24. The summed E-state index contributed by atoms with van der Waals surface area (Å²) in [7, 11) is 5.36. The van der Waals surface area contributed by atoms with Crippen molar-refractivity contribution in [2.75, 3.05) is 52.8 Å². The molecule has 8 nitrogen and oxygen atoms in total. The van der Waals surface area contributed by atoms with E-state index in [1.54, 1.807) is 31.4 Å². The van der Waals surface area contributed by atoms with Gasteiger partial charge in [-0.25, -0.2) is 14.4 Å². The zero-order valence-electron chi connectivity index (χ0n) is 20.1. The molecule has 1 amide bonds. The van der Waals surface area contributed by atoms with Gasteiger partial charge in [-0.05, 0) is 57.1 Å². The smallest absolute Gasteiger partial charge is 0.236 e. The quantitative estimate of drug-likeness (QED) is 0.491. The molecule has 3 aromatic rings. The molecule has 2 aromatic carbocycles. The molecule has 10 heteroatoms. The number of methoxy groups -OCH3 is 1. The molecule has 1 N–H and O–H groups in total. The normalized spacial score (nSPS) is 14.4. The maximum absolute atomic E-state index is 14.3. The Bertz CT molecular complexity index is 1200. The van der Waals surface area contributed by atoms with Gasteiger partial charge in [-0.1, -0.05) is 11.6 Å². The maximum atomic E-state index is 14.3. The Morgan fingerprint density at radius 2 is 1.97 bits per heavy atom. The third kappa shape index (κ3) is 6.10. The molecule has 0 spiro atoms. The van der Waals surface area contributed by atoms with E-state index in [-0.39, 0.29) is 11.6 Å². The molecule has 0 bridgehead atoms. The van der Waals surface area contributed by atoms with Crippen LogP contribution in [0.1, 0.15) is 12.8 Å². The molecule has 0 radical (unpaired) electrons. The Labute approximate surface area is 209 Å². The molecule has 1 saturated heterocycles. The predicted molar refractivity (Wildman–Crippen MR) is 134 cm³/mol. The van der Waals surface area contributed by atoms with E-state index in [9.17, 15) is 9.18 Å². The number of anilines is 2. The number of likely N-dealkylation sites (tertiary alicyclic amines) is 1. The van der Waals surface area contributed by atoms with Gasteiger partial charge in [0.2, 0.25) is 5.91 Å². The molecule has 4 rings (SSSR count). The first-order chi connectivity index (χ1) is 16.8. The number of ether oxygens (including phenoxy) is 2. The van der Waals surface area contributed by atoms with Gasteiger partial charge < -0.3 is 24.6 Å². The summed E-state index contributed by atoms with van der Waals surface area (Å²) in [5, 5.41) is 3.99. The lowest BCUT2D eigenvalue weighted by atomic mass is 9.97. The second kappa shape index (κ2) is 11.0. The van der Waals surface area contributed by atoms with Crippen LogP contribution in [0.25, 0.3) is 10.9 Å². The number of likely N-dealkylation sites (N-methyl/N-ethyl adjacent to an activating group) is 1. The zero-order chi connectivity index (χ0) is 24.9. The largest absolute Gasteiger partial charge is 0.493 e. The third-order valence-electron chi connectivity index (χ3n) is 6.00. The van der Waals surface area contributed by atoms with Crippen LogP contribution in [0.5, 0.6) is 11.5 Å². The summed E-state index contributed by atoms with van der Waals surface area (Å²) in [5.41, 5.74) is 0.890. The van der Waals surface area contributed by atoms with Crippen molar-refractivity contribution in [1.82, 2.24) is 19.8 Å². The summed E-state index contributed by atoms with van der Waals surface area (Å²) in [4.78, 5) is 24.7. The number of aromatic nitrogens is 2. The standard InChI is InChI=1S/C25H29ClFN5O3/c1-31(2)13-24(33)32-8-6-16(7-9-32)14-35-23-12-21-18(11-22(23)34-3)25(29-15-28-21)30-20-5-4-17(26)10-19(20)27/h4-5,10-12,15-16H,6-9,13-14H2,1-3H3,(H,28,29,30).